The molecule has 10 heteroatoms. The Bertz CT molecular complexity index is 797. The first kappa shape index (κ1) is 23.4. The Morgan fingerprint density at radius 3 is 2.52 bits per heavy atom. The summed E-state index contributed by atoms with van der Waals surface area (Å²) in [6, 6.07) is 5.11. The van der Waals surface area contributed by atoms with Crippen molar-refractivity contribution in [1.82, 2.24) is 15.5 Å². The Labute approximate surface area is 173 Å². The molecular weight excluding hydrogens is 406 g/mol. The first-order chi connectivity index (χ1) is 12.3. The SMILES string of the molecule is Cc1nnc(Sc2ccc(NC(=O)CNC(=O)[C@@H](N)C(C)C)c(C)c2)s1.Cl. The van der Waals surface area contributed by atoms with E-state index in [9.17, 15) is 9.59 Å². The van der Waals surface area contributed by atoms with E-state index < -0.39 is 6.04 Å². The van der Waals surface area contributed by atoms with Crippen LogP contribution in [0, 0.1) is 19.8 Å². The molecule has 148 valence electrons. The van der Waals surface area contributed by atoms with Crippen LogP contribution in [0.25, 0.3) is 0 Å². The smallest absolute Gasteiger partial charge is 0.243 e. The highest BCUT2D eigenvalue weighted by Crippen LogP contribution is 2.32. The fourth-order valence-corrected chi connectivity index (χ4v) is 3.93. The molecule has 0 bridgehead atoms. The molecule has 2 amide bonds. The Balaban J connectivity index is 0.00000364. The van der Waals surface area contributed by atoms with Crippen LogP contribution in [0.3, 0.4) is 0 Å². The maximum atomic E-state index is 12.1. The van der Waals surface area contributed by atoms with Gasteiger partial charge >= 0.3 is 0 Å². The third-order valence-electron chi connectivity index (χ3n) is 3.63. The predicted molar refractivity (Wildman–Crippen MR) is 112 cm³/mol. The molecule has 0 fully saturated rings. The van der Waals surface area contributed by atoms with Gasteiger partial charge in [0.15, 0.2) is 4.34 Å². The Kier molecular flexibility index (Phi) is 9.17. The van der Waals surface area contributed by atoms with Crippen LogP contribution in [-0.2, 0) is 9.59 Å². The molecule has 0 radical (unpaired) electrons. The summed E-state index contributed by atoms with van der Waals surface area (Å²) in [7, 11) is 0. The van der Waals surface area contributed by atoms with Gasteiger partial charge < -0.3 is 16.4 Å². The number of aryl methyl sites for hydroxylation is 2. The van der Waals surface area contributed by atoms with Crippen LogP contribution in [-0.4, -0.2) is 34.6 Å². The van der Waals surface area contributed by atoms with E-state index in [4.69, 9.17) is 5.73 Å². The maximum absolute atomic E-state index is 12.1. The molecule has 1 heterocycles. The summed E-state index contributed by atoms with van der Waals surface area (Å²) in [5, 5.41) is 14.4. The van der Waals surface area contributed by atoms with Crippen LogP contribution in [0.2, 0.25) is 0 Å². The summed E-state index contributed by atoms with van der Waals surface area (Å²) < 4.78 is 0.878. The van der Waals surface area contributed by atoms with E-state index in [2.05, 4.69) is 20.8 Å². The maximum Gasteiger partial charge on any atom is 0.243 e. The number of carbonyl (C=O) groups excluding carboxylic acids is 2. The van der Waals surface area contributed by atoms with E-state index in [1.165, 1.54) is 23.1 Å². The number of carbonyl (C=O) groups is 2. The third kappa shape index (κ3) is 7.10. The summed E-state index contributed by atoms with van der Waals surface area (Å²) >= 11 is 3.07. The molecule has 0 aliphatic rings. The van der Waals surface area contributed by atoms with Gasteiger partial charge in [0.05, 0.1) is 12.6 Å². The number of amides is 2. The van der Waals surface area contributed by atoms with Crippen molar-refractivity contribution in [3.63, 3.8) is 0 Å². The predicted octanol–water partition coefficient (Wildman–Crippen LogP) is 2.77. The number of anilines is 1. The molecule has 0 spiro atoms. The first-order valence-corrected chi connectivity index (χ1v) is 9.81. The van der Waals surface area contributed by atoms with Crippen LogP contribution >= 0.6 is 35.5 Å². The molecule has 1 atom stereocenters. The molecule has 2 aromatic rings. The van der Waals surface area contributed by atoms with E-state index >= 15 is 0 Å². The normalized spacial score (nSPS) is 11.6. The van der Waals surface area contributed by atoms with Gasteiger partial charge in [-0.2, -0.15) is 0 Å². The van der Waals surface area contributed by atoms with Gasteiger partial charge in [0.2, 0.25) is 11.8 Å². The van der Waals surface area contributed by atoms with Gasteiger partial charge in [-0.05, 0) is 43.5 Å². The fraction of sp³-hybridized carbons (Fsp3) is 0.412. The highest BCUT2D eigenvalue weighted by atomic mass is 35.5. The van der Waals surface area contributed by atoms with Gasteiger partial charge in [-0.3, -0.25) is 9.59 Å². The van der Waals surface area contributed by atoms with Gasteiger partial charge in [0.1, 0.15) is 5.01 Å². The van der Waals surface area contributed by atoms with Gasteiger partial charge in [-0.15, -0.1) is 22.6 Å². The minimum absolute atomic E-state index is 0. The van der Waals surface area contributed by atoms with Crippen LogP contribution < -0.4 is 16.4 Å². The summed E-state index contributed by atoms with van der Waals surface area (Å²) in [6.45, 7) is 7.43. The summed E-state index contributed by atoms with van der Waals surface area (Å²) in [5.74, 6) is -0.606. The summed E-state index contributed by atoms with van der Waals surface area (Å²) in [5.41, 5.74) is 7.38. The Morgan fingerprint density at radius 1 is 1.26 bits per heavy atom. The molecule has 0 unspecified atom stereocenters. The quantitative estimate of drug-likeness (QED) is 0.624. The van der Waals surface area contributed by atoms with Gasteiger partial charge in [-0.1, -0.05) is 36.9 Å². The molecule has 0 saturated carbocycles. The van der Waals surface area contributed by atoms with Crippen molar-refractivity contribution in [3.8, 4) is 0 Å². The number of rotatable bonds is 7. The third-order valence-corrected chi connectivity index (χ3v) is 5.51. The van der Waals surface area contributed by atoms with Gasteiger partial charge in [0.25, 0.3) is 0 Å². The lowest BCUT2D eigenvalue weighted by molar-refractivity contribution is -0.125. The molecule has 0 aliphatic heterocycles. The largest absolute Gasteiger partial charge is 0.346 e. The van der Waals surface area contributed by atoms with Crippen molar-refractivity contribution >= 4 is 53.0 Å². The van der Waals surface area contributed by atoms with Crippen molar-refractivity contribution in [1.29, 1.82) is 0 Å². The number of nitrogens with zero attached hydrogens (tertiary/aromatic N) is 2. The number of nitrogens with one attached hydrogen (secondary N) is 2. The zero-order valence-corrected chi connectivity index (χ0v) is 18.1. The molecule has 4 N–H and O–H groups in total. The molecule has 0 aliphatic carbocycles. The molecule has 0 saturated heterocycles. The average molecular weight is 430 g/mol. The highest BCUT2D eigenvalue weighted by molar-refractivity contribution is 8.01. The zero-order chi connectivity index (χ0) is 19.3. The van der Waals surface area contributed by atoms with Crippen molar-refractivity contribution < 1.29 is 9.59 Å². The second-order valence-corrected chi connectivity index (χ2v) is 8.70. The van der Waals surface area contributed by atoms with E-state index in [1.807, 2.05) is 45.9 Å². The minimum atomic E-state index is -0.621. The van der Waals surface area contributed by atoms with Crippen molar-refractivity contribution in [2.45, 2.75) is 43.0 Å². The lowest BCUT2D eigenvalue weighted by Crippen LogP contribution is -2.46. The molecular formula is C17H24ClN5O2S2. The molecule has 2 rings (SSSR count). The van der Waals surface area contributed by atoms with E-state index in [0.29, 0.717) is 5.69 Å². The van der Waals surface area contributed by atoms with Crippen LogP contribution in [0.4, 0.5) is 5.69 Å². The monoisotopic (exact) mass is 429 g/mol. The van der Waals surface area contributed by atoms with Gasteiger partial charge in [0, 0.05) is 10.6 Å². The van der Waals surface area contributed by atoms with Gasteiger partial charge in [-0.25, -0.2) is 0 Å². The van der Waals surface area contributed by atoms with Crippen molar-refractivity contribution in [3.05, 3.63) is 28.8 Å². The highest BCUT2D eigenvalue weighted by Gasteiger charge is 2.17. The minimum Gasteiger partial charge on any atom is -0.346 e. The molecule has 1 aromatic carbocycles. The standard InChI is InChI=1S/C17H23N5O2S2.ClH/c1-9(2)15(18)16(24)19-8-14(23)20-13-6-5-12(7-10(13)3)26-17-22-21-11(4)25-17;/h5-7,9,15H,8,18H2,1-4H3,(H,19,24)(H,20,23);1H/t15-;/m0./s1. The summed E-state index contributed by atoms with van der Waals surface area (Å²) in [4.78, 5) is 24.9. The Hall–Kier alpha value is -1.68. The van der Waals surface area contributed by atoms with E-state index in [1.54, 1.807) is 0 Å². The lowest BCUT2D eigenvalue weighted by Gasteiger charge is -2.15. The van der Waals surface area contributed by atoms with Crippen LogP contribution in [0.1, 0.15) is 24.4 Å². The first-order valence-electron chi connectivity index (χ1n) is 8.18. The molecule has 1 aromatic heterocycles. The second-order valence-electron chi connectivity index (χ2n) is 6.20. The summed E-state index contributed by atoms with van der Waals surface area (Å²) in [6.07, 6.45) is 0. The number of nitrogens with two attached hydrogens (primary N) is 1. The Morgan fingerprint density at radius 2 is 1.96 bits per heavy atom. The van der Waals surface area contributed by atoms with E-state index in [0.717, 1.165) is 19.8 Å². The van der Waals surface area contributed by atoms with Crippen molar-refractivity contribution in [2.24, 2.45) is 11.7 Å². The number of benzene rings is 1. The topological polar surface area (TPSA) is 110 Å². The second kappa shape index (κ2) is 10.6. The lowest BCUT2D eigenvalue weighted by atomic mass is 10.1. The number of halogens is 1. The number of hydrogen-bond donors (Lipinski definition) is 3. The fourth-order valence-electron chi connectivity index (χ4n) is 2.04. The molecule has 27 heavy (non-hydrogen) atoms. The number of aromatic nitrogens is 2. The zero-order valence-electron chi connectivity index (χ0n) is 15.6. The van der Waals surface area contributed by atoms with Crippen LogP contribution in [0.5, 0.6) is 0 Å². The molecule has 7 nitrogen and oxygen atoms in total. The number of hydrogen-bond acceptors (Lipinski definition) is 7. The van der Waals surface area contributed by atoms with E-state index in [-0.39, 0.29) is 36.7 Å². The average Bonchev–Trinajstić information content (AvgIpc) is 2.99. The van der Waals surface area contributed by atoms with Crippen molar-refractivity contribution in [2.75, 3.05) is 11.9 Å². The van der Waals surface area contributed by atoms with Crippen LogP contribution in [0.15, 0.2) is 27.4 Å².